The molecule has 2 aromatic rings. The van der Waals surface area contributed by atoms with Gasteiger partial charge in [-0.15, -0.1) is 0 Å². The Bertz CT molecular complexity index is 742. The van der Waals surface area contributed by atoms with Crippen molar-refractivity contribution in [3.8, 4) is 0 Å². The number of hydrogen-bond donors (Lipinski definition) is 1. The lowest BCUT2D eigenvalue weighted by molar-refractivity contribution is -0.181. The van der Waals surface area contributed by atoms with E-state index in [1.54, 1.807) is 0 Å². The number of aromatic nitrogens is 2. The molecule has 2 aliphatic rings. The molecular weight excluding hydrogens is 328 g/mol. The van der Waals surface area contributed by atoms with Gasteiger partial charge in [-0.05, 0) is 48.6 Å². The van der Waals surface area contributed by atoms with E-state index in [9.17, 15) is 4.79 Å². The number of rotatable bonds is 5. The summed E-state index contributed by atoms with van der Waals surface area (Å²) in [5, 5.41) is 3.04. The van der Waals surface area contributed by atoms with Gasteiger partial charge < -0.3 is 14.6 Å². The lowest BCUT2D eigenvalue weighted by atomic mass is 9.82. The average molecular weight is 354 g/mol. The predicted octanol–water partition coefficient (Wildman–Crippen LogP) is 1.83. The summed E-state index contributed by atoms with van der Waals surface area (Å²) in [7, 11) is 1.89. The van der Waals surface area contributed by atoms with Crippen molar-refractivity contribution in [2.24, 2.45) is 13.0 Å². The van der Waals surface area contributed by atoms with E-state index in [0.29, 0.717) is 18.2 Å². The van der Waals surface area contributed by atoms with E-state index in [0.717, 1.165) is 39.1 Å². The van der Waals surface area contributed by atoms with Gasteiger partial charge in [0.15, 0.2) is 0 Å². The summed E-state index contributed by atoms with van der Waals surface area (Å²) in [6.45, 7) is 4.37. The molecular formula is C20H26N4O2. The molecule has 2 aliphatic heterocycles. The Kier molecular flexibility index (Phi) is 4.78. The Balaban J connectivity index is 1.19. The highest BCUT2D eigenvalue weighted by atomic mass is 16.5. The zero-order valence-electron chi connectivity index (χ0n) is 15.2. The first-order chi connectivity index (χ1) is 12.6. The maximum absolute atomic E-state index is 12.2. The molecule has 0 saturated carbocycles. The molecule has 26 heavy (non-hydrogen) atoms. The molecule has 6 heteroatoms. The number of hydrogen-bond acceptors (Lipinski definition) is 4. The summed E-state index contributed by atoms with van der Waals surface area (Å²) < 4.78 is 8.06. The van der Waals surface area contributed by atoms with Crippen molar-refractivity contribution < 1.29 is 9.53 Å². The van der Waals surface area contributed by atoms with Gasteiger partial charge in [-0.3, -0.25) is 14.7 Å². The van der Waals surface area contributed by atoms with Gasteiger partial charge in [-0.2, -0.15) is 0 Å². The number of nitrogens with zero attached hydrogens (tertiary/aromatic N) is 3. The van der Waals surface area contributed by atoms with Crippen LogP contribution in [-0.2, 0) is 18.3 Å². The van der Waals surface area contributed by atoms with Crippen molar-refractivity contribution >= 4 is 5.91 Å². The molecule has 6 nitrogen and oxygen atoms in total. The van der Waals surface area contributed by atoms with Crippen LogP contribution in [0.4, 0.5) is 0 Å². The first-order valence-electron chi connectivity index (χ1n) is 9.28. The first kappa shape index (κ1) is 17.2. The summed E-state index contributed by atoms with van der Waals surface area (Å²) >= 11 is 0. The van der Waals surface area contributed by atoms with Gasteiger partial charge in [0.25, 0.3) is 5.91 Å². The third kappa shape index (κ3) is 3.66. The second-order valence-electron chi connectivity index (χ2n) is 7.61. The highest BCUT2D eigenvalue weighted by molar-refractivity contribution is 5.92. The van der Waals surface area contributed by atoms with Crippen LogP contribution >= 0.6 is 0 Å². The van der Waals surface area contributed by atoms with Crippen LogP contribution in [0.2, 0.25) is 0 Å². The summed E-state index contributed by atoms with van der Waals surface area (Å²) in [5.41, 5.74) is 2.03. The Morgan fingerprint density at radius 2 is 2.15 bits per heavy atom. The molecule has 2 saturated heterocycles. The summed E-state index contributed by atoms with van der Waals surface area (Å²) in [5.74, 6) is 0.393. The Morgan fingerprint density at radius 1 is 1.35 bits per heavy atom. The maximum atomic E-state index is 12.2. The number of ether oxygens (including phenoxy) is 1. The quantitative estimate of drug-likeness (QED) is 0.890. The molecule has 138 valence electrons. The minimum Gasteiger partial charge on any atom is -0.372 e. The largest absolute Gasteiger partial charge is 0.372 e. The molecule has 2 aromatic heterocycles. The van der Waals surface area contributed by atoms with Gasteiger partial charge in [0.1, 0.15) is 5.69 Å². The normalized spacial score (nSPS) is 22.1. The number of carbonyl (C=O) groups excluding carboxylic acids is 1. The number of amides is 1. The van der Waals surface area contributed by atoms with Crippen LogP contribution in [0.15, 0.2) is 42.9 Å². The topological polar surface area (TPSA) is 59.4 Å². The van der Waals surface area contributed by atoms with E-state index >= 15 is 0 Å². The van der Waals surface area contributed by atoms with Crippen molar-refractivity contribution in [3.05, 3.63) is 54.1 Å². The van der Waals surface area contributed by atoms with Crippen molar-refractivity contribution in [2.75, 3.05) is 26.2 Å². The van der Waals surface area contributed by atoms with E-state index in [4.69, 9.17) is 4.74 Å². The molecule has 1 spiro atoms. The minimum absolute atomic E-state index is 0.00930. The van der Waals surface area contributed by atoms with Crippen molar-refractivity contribution in [1.29, 1.82) is 0 Å². The monoisotopic (exact) mass is 354 g/mol. The zero-order valence-corrected chi connectivity index (χ0v) is 15.2. The minimum atomic E-state index is -0.00930. The molecule has 0 bridgehead atoms. The molecule has 0 radical (unpaired) electrons. The molecule has 1 amide bonds. The third-order valence-electron chi connectivity index (χ3n) is 5.54. The third-order valence-corrected chi connectivity index (χ3v) is 5.54. The van der Waals surface area contributed by atoms with Crippen LogP contribution < -0.4 is 5.32 Å². The smallest absolute Gasteiger partial charge is 0.267 e. The Labute approximate surface area is 154 Å². The number of carbonyl (C=O) groups is 1. The van der Waals surface area contributed by atoms with Crippen LogP contribution in [0.1, 0.15) is 28.9 Å². The van der Waals surface area contributed by atoms with Gasteiger partial charge in [0.2, 0.25) is 0 Å². The number of aryl methyl sites for hydroxylation is 1. The van der Waals surface area contributed by atoms with Crippen LogP contribution in [0.3, 0.4) is 0 Å². The number of nitrogens with one attached hydrogen (secondary N) is 1. The lowest BCUT2D eigenvalue weighted by Crippen LogP contribution is -2.64. The first-order valence-corrected chi connectivity index (χ1v) is 9.28. The van der Waals surface area contributed by atoms with Gasteiger partial charge >= 0.3 is 0 Å². The molecule has 0 aliphatic carbocycles. The second kappa shape index (κ2) is 7.21. The van der Waals surface area contributed by atoms with Crippen molar-refractivity contribution in [3.63, 3.8) is 0 Å². The molecule has 2 fully saturated rings. The van der Waals surface area contributed by atoms with Crippen LogP contribution in [0, 0.1) is 5.92 Å². The SMILES string of the molecule is Cn1cccc1C(=O)NC[C@H]1CCC2(CN(Cc3ccncc3)C2)OC1. The van der Waals surface area contributed by atoms with Gasteiger partial charge in [0, 0.05) is 51.8 Å². The molecule has 4 heterocycles. The summed E-state index contributed by atoms with van der Waals surface area (Å²) in [6.07, 6.45) is 7.75. The fourth-order valence-electron chi connectivity index (χ4n) is 3.98. The van der Waals surface area contributed by atoms with Crippen molar-refractivity contribution in [1.82, 2.24) is 19.8 Å². The zero-order chi connectivity index (χ0) is 18.0. The standard InChI is InChI=1S/C20H26N4O2/c1-23-10-2-3-18(23)19(25)22-11-17-4-7-20(26-13-17)14-24(15-20)12-16-5-8-21-9-6-16/h2-3,5-6,8-10,17H,4,7,11-15H2,1H3,(H,22,25)/t17-/m1/s1. The van der Waals surface area contributed by atoms with E-state index in [-0.39, 0.29) is 11.5 Å². The highest BCUT2D eigenvalue weighted by Crippen LogP contribution is 2.36. The van der Waals surface area contributed by atoms with Crippen LogP contribution in [-0.4, -0.2) is 52.2 Å². The fraction of sp³-hybridized carbons (Fsp3) is 0.500. The fourth-order valence-corrected chi connectivity index (χ4v) is 3.98. The van der Waals surface area contributed by atoms with Crippen LogP contribution in [0.5, 0.6) is 0 Å². The summed E-state index contributed by atoms with van der Waals surface area (Å²) in [4.78, 5) is 18.7. The average Bonchev–Trinajstić information content (AvgIpc) is 3.06. The highest BCUT2D eigenvalue weighted by Gasteiger charge is 2.46. The summed E-state index contributed by atoms with van der Waals surface area (Å²) in [6, 6.07) is 7.86. The molecule has 0 unspecified atom stereocenters. The number of pyridine rings is 1. The van der Waals surface area contributed by atoms with E-state index in [1.807, 2.05) is 42.3 Å². The Morgan fingerprint density at radius 3 is 2.81 bits per heavy atom. The predicted molar refractivity (Wildman–Crippen MR) is 98.7 cm³/mol. The van der Waals surface area contributed by atoms with E-state index < -0.39 is 0 Å². The number of likely N-dealkylation sites (tertiary alicyclic amines) is 1. The lowest BCUT2D eigenvalue weighted by Gasteiger charge is -2.53. The second-order valence-corrected chi connectivity index (χ2v) is 7.61. The molecule has 4 rings (SSSR count). The van der Waals surface area contributed by atoms with Gasteiger partial charge in [-0.1, -0.05) is 0 Å². The molecule has 1 N–H and O–H groups in total. The van der Waals surface area contributed by atoms with Gasteiger partial charge in [-0.25, -0.2) is 0 Å². The van der Waals surface area contributed by atoms with E-state index in [2.05, 4.69) is 27.3 Å². The van der Waals surface area contributed by atoms with Crippen molar-refractivity contribution in [2.45, 2.75) is 25.0 Å². The molecule has 1 atom stereocenters. The Hall–Kier alpha value is -2.18. The molecule has 0 aromatic carbocycles. The van der Waals surface area contributed by atoms with Crippen LogP contribution in [0.25, 0.3) is 0 Å². The maximum Gasteiger partial charge on any atom is 0.267 e. The van der Waals surface area contributed by atoms with Gasteiger partial charge in [0.05, 0.1) is 12.2 Å². The van der Waals surface area contributed by atoms with E-state index in [1.165, 1.54) is 5.56 Å².